The maximum atomic E-state index is 6.20. The summed E-state index contributed by atoms with van der Waals surface area (Å²) in [5, 5.41) is 5.00. The quantitative estimate of drug-likeness (QED) is 0.775. The van der Waals surface area contributed by atoms with Crippen molar-refractivity contribution in [2.75, 3.05) is 31.1 Å². The molecular formula is C19H19ClN2O2. The fourth-order valence-corrected chi connectivity index (χ4v) is 3.31. The number of hydrogen-bond donors (Lipinski definition) is 1. The molecule has 1 aliphatic heterocycles. The Morgan fingerprint density at radius 1 is 1.08 bits per heavy atom. The third-order valence-corrected chi connectivity index (χ3v) is 4.68. The SMILES string of the molecule is Clc1ccc(COc2ccccc2N2CCNCC2)c2occc12. The molecule has 0 radical (unpaired) electrons. The molecule has 1 saturated heterocycles. The lowest BCUT2D eigenvalue weighted by Crippen LogP contribution is -2.43. The molecular weight excluding hydrogens is 324 g/mol. The highest BCUT2D eigenvalue weighted by Gasteiger charge is 2.15. The number of piperazine rings is 1. The molecule has 1 N–H and O–H groups in total. The van der Waals surface area contributed by atoms with Crippen LogP contribution in [0.2, 0.25) is 5.02 Å². The largest absolute Gasteiger partial charge is 0.487 e. The molecule has 0 aliphatic carbocycles. The number of halogens is 1. The summed E-state index contributed by atoms with van der Waals surface area (Å²) in [6.07, 6.45) is 1.66. The van der Waals surface area contributed by atoms with Gasteiger partial charge in [-0.25, -0.2) is 0 Å². The van der Waals surface area contributed by atoms with E-state index in [0.29, 0.717) is 11.6 Å². The van der Waals surface area contributed by atoms with E-state index in [0.717, 1.165) is 54.1 Å². The summed E-state index contributed by atoms with van der Waals surface area (Å²) in [5.41, 5.74) is 2.93. The molecule has 0 spiro atoms. The van der Waals surface area contributed by atoms with Gasteiger partial charge in [0.1, 0.15) is 17.9 Å². The molecule has 2 heterocycles. The Bertz CT molecular complexity index is 840. The van der Waals surface area contributed by atoms with Crippen molar-refractivity contribution < 1.29 is 9.15 Å². The first-order valence-electron chi connectivity index (χ1n) is 8.15. The molecule has 0 amide bonds. The second-order valence-electron chi connectivity index (χ2n) is 5.86. The van der Waals surface area contributed by atoms with Gasteiger partial charge in [0.05, 0.1) is 17.0 Å². The summed E-state index contributed by atoms with van der Waals surface area (Å²) in [6, 6.07) is 13.9. The van der Waals surface area contributed by atoms with Gasteiger partial charge in [0.25, 0.3) is 0 Å². The molecule has 4 rings (SSSR count). The number of fused-ring (bicyclic) bond motifs is 1. The summed E-state index contributed by atoms with van der Waals surface area (Å²) in [5.74, 6) is 0.897. The summed E-state index contributed by atoms with van der Waals surface area (Å²) in [7, 11) is 0. The van der Waals surface area contributed by atoms with Crippen LogP contribution in [0.25, 0.3) is 11.0 Å². The van der Waals surface area contributed by atoms with E-state index in [2.05, 4.69) is 22.3 Å². The molecule has 0 atom stereocenters. The Morgan fingerprint density at radius 3 is 2.79 bits per heavy atom. The van der Waals surface area contributed by atoms with E-state index in [1.807, 2.05) is 30.3 Å². The van der Waals surface area contributed by atoms with E-state index in [4.69, 9.17) is 20.8 Å². The topological polar surface area (TPSA) is 37.6 Å². The van der Waals surface area contributed by atoms with Crippen LogP contribution >= 0.6 is 11.6 Å². The van der Waals surface area contributed by atoms with Crippen LogP contribution in [-0.4, -0.2) is 26.2 Å². The van der Waals surface area contributed by atoms with E-state index < -0.39 is 0 Å². The van der Waals surface area contributed by atoms with Crippen LogP contribution in [0, 0.1) is 0 Å². The van der Waals surface area contributed by atoms with Crippen molar-refractivity contribution in [2.24, 2.45) is 0 Å². The van der Waals surface area contributed by atoms with Gasteiger partial charge in [-0.3, -0.25) is 0 Å². The molecule has 0 saturated carbocycles. The van der Waals surface area contributed by atoms with Crippen LogP contribution in [0.4, 0.5) is 5.69 Å². The minimum atomic E-state index is 0.449. The number of para-hydroxylation sites is 2. The highest BCUT2D eigenvalue weighted by molar-refractivity contribution is 6.35. The summed E-state index contributed by atoms with van der Waals surface area (Å²) in [6.45, 7) is 4.43. The maximum absolute atomic E-state index is 6.20. The molecule has 1 aliphatic rings. The Kier molecular flexibility index (Phi) is 4.32. The fraction of sp³-hybridized carbons (Fsp3) is 0.263. The Morgan fingerprint density at radius 2 is 1.92 bits per heavy atom. The molecule has 0 unspecified atom stereocenters. The molecule has 4 nitrogen and oxygen atoms in total. The van der Waals surface area contributed by atoms with Gasteiger partial charge in [0, 0.05) is 37.1 Å². The number of hydrogen-bond acceptors (Lipinski definition) is 4. The maximum Gasteiger partial charge on any atom is 0.143 e. The predicted octanol–water partition coefficient (Wildman–Crippen LogP) is 4.07. The van der Waals surface area contributed by atoms with Gasteiger partial charge in [-0.05, 0) is 24.3 Å². The number of rotatable bonds is 4. The van der Waals surface area contributed by atoms with E-state index in [1.165, 1.54) is 0 Å². The lowest BCUT2D eigenvalue weighted by Gasteiger charge is -2.30. The summed E-state index contributed by atoms with van der Waals surface area (Å²) >= 11 is 6.20. The molecule has 1 fully saturated rings. The smallest absolute Gasteiger partial charge is 0.143 e. The van der Waals surface area contributed by atoms with Gasteiger partial charge >= 0.3 is 0 Å². The van der Waals surface area contributed by atoms with Crippen molar-refractivity contribution in [1.29, 1.82) is 0 Å². The van der Waals surface area contributed by atoms with E-state index in [-0.39, 0.29) is 0 Å². The number of benzene rings is 2. The van der Waals surface area contributed by atoms with Crippen LogP contribution in [0.1, 0.15) is 5.56 Å². The molecule has 24 heavy (non-hydrogen) atoms. The van der Waals surface area contributed by atoms with Crippen molar-refractivity contribution in [3.8, 4) is 5.75 Å². The predicted molar refractivity (Wildman–Crippen MR) is 97.1 cm³/mol. The highest BCUT2D eigenvalue weighted by Crippen LogP contribution is 2.31. The highest BCUT2D eigenvalue weighted by atomic mass is 35.5. The van der Waals surface area contributed by atoms with E-state index in [9.17, 15) is 0 Å². The number of nitrogens with one attached hydrogen (secondary N) is 1. The Hall–Kier alpha value is -2.17. The Labute approximate surface area is 146 Å². The zero-order chi connectivity index (χ0) is 16.4. The lowest BCUT2D eigenvalue weighted by atomic mass is 10.1. The summed E-state index contributed by atoms with van der Waals surface area (Å²) < 4.78 is 11.7. The van der Waals surface area contributed by atoms with E-state index in [1.54, 1.807) is 6.26 Å². The average Bonchev–Trinajstić information content (AvgIpc) is 3.13. The molecule has 2 aromatic carbocycles. The monoisotopic (exact) mass is 342 g/mol. The van der Waals surface area contributed by atoms with Crippen LogP contribution in [-0.2, 0) is 6.61 Å². The average molecular weight is 343 g/mol. The third-order valence-electron chi connectivity index (χ3n) is 4.35. The van der Waals surface area contributed by atoms with Gasteiger partial charge in [-0.15, -0.1) is 0 Å². The van der Waals surface area contributed by atoms with Crippen LogP contribution in [0.3, 0.4) is 0 Å². The normalized spacial score (nSPS) is 15.0. The van der Waals surface area contributed by atoms with Crippen LogP contribution < -0.4 is 15.0 Å². The molecule has 124 valence electrons. The van der Waals surface area contributed by atoms with Gasteiger partial charge in [0.15, 0.2) is 0 Å². The van der Waals surface area contributed by atoms with Crippen LogP contribution in [0.15, 0.2) is 53.1 Å². The Balaban J connectivity index is 1.57. The van der Waals surface area contributed by atoms with Crippen LogP contribution in [0.5, 0.6) is 5.75 Å². The van der Waals surface area contributed by atoms with Crippen molar-refractivity contribution in [3.05, 3.63) is 59.3 Å². The lowest BCUT2D eigenvalue weighted by molar-refractivity contribution is 0.306. The van der Waals surface area contributed by atoms with Crippen molar-refractivity contribution in [2.45, 2.75) is 6.61 Å². The zero-order valence-electron chi connectivity index (χ0n) is 13.3. The minimum absolute atomic E-state index is 0.449. The minimum Gasteiger partial charge on any atom is -0.487 e. The second kappa shape index (κ2) is 6.75. The standard InChI is InChI=1S/C19H19ClN2O2/c20-16-6-5-14(19-15(16)7-12-23-19)13-24-18-4-2-1-3-17(18)22-10-8-21-9-11-22/h1-7,12,21H,8-11,13H2. The summed E-state index contributed by atoms with van der Waals surface area (Å²) in [4.78, 5) is 2.36. The van der Waals surface area contributed by atoms with Gasteiger partial charge in [-0.2, -0.15) is 0 Å². The fourth-order valence-electron chi connectivity index (χ4n) is 3.10. The van der Waals surface area contributed by atoms with Crippen molar-refractivity contribution in [3.63, 3.8) is 0 Å². The number of nitrogens with zero attached hydrogens (tertiary/aromatic N) is 1. The van der Waals surface area contributed by atoms with E-state index >= 15 is 0 Å². The first kappa shape index (κ1) is 15.4. The molecule has 5 heteroatoms. The molecule has 0 bridgehead atoms. The zero-order valence-corrected chi connectivity index (χ0v) is 14.1. The first-order valence-corrected chi connectivity index (χ1v) is 8.53. The first-order chi connectivity index (χ1) is 11.8. The number of anilines is 1. The van der Waals surface area contributed by atoms with Gasteiger partial charge in [-0.1, -0.05) is 29.8 Å². The molecule has 1 aromatic heterocycles. The van der Waals surface area contributed by atoms with Crippen molar-refractivity contribution >= 4 is 28.3 Å². The number of furan rings is 1. The number of ether oxygens (including phenoxy) is 1. The molecule has 3 aromatic rings. The third kappa shape index (κ3) is 2.95. The van der Waals surface area contributed by atoms with Gasteiger partial charge in [0.2, 0.25) is 0 Å². The second-order valence-corrected chi connectivity index (χ2v) is 6.27. The van der Waals surface area contributed by atoms with Crippen molar-refractivity contribution in [1.82, 2.24) is 5.32 Å². The van der Waals surface area contributed by atoms with Gasteiger partial charge < -0.3 is 19.4 Å².